The van der Waals surface area contributed by atoms with E-state index < -0.39 is 0 Å². The first kappa shape index (κ1) is 18.1. The molecule has 4 nitrogen and oxygen atoms in total. The standard InChI is InChI=1S/C18H28ClN3O/c1-2-3-4-11-20-18(23)21-17-9-12-22(13-10-17)14-15-5-7-16(19)8-6-15/h5-8,17H,2-4,9-14H2,1H3,(H2,20,21,23). The molecule has 0 unspecified atom stereocenters. The fraction of sp³-hybridized carbons (Fsp3) is 0.611. The van der Waals surface area contributed by atoms with Crippen molar-refractivity contribution in [3.63, 3.8) is 0 Å². The maximum Gasteiger partial charge on any atom is 0.315 e. The Labute approximate surface area is 144 Å². The van der Waals surface area contributed by atoms with Crippen molar-refractivity contribution in [1.82, 2.24) is 15.5 Å². The van der Waals surface area contributed by atoms with Gasteiger partial charge in [-0.2, -0.15) is 0 Å². The third kappa shape index (κ3) is 6.80. The van der Waals surface area contributed by atoms with Crippen LogP contribution in [0.2, 0.25) is 5.02 Å². The number of nitrogens with zero attached hydrogens (tertiary/aromatic N) is 1. The largest absolute Gasteiger partial charge is 0.338 e. The number of piperidine rings is 1. The Morgan fingerprint density at radius 1 is 1.22 bits per heavy atom. The van der Waals surface area contributed by atoms with Gasteiger partial charge < -0.3 is 10.6 Å². The number of carbonyl (C=O) groups is 1. The van der Waals surface area contributed by atoms with E-state index in [-0.39, 0.29) is 6.03 Å². The smallest absolute Gasteiger partial charge is 0.315 e. The number of likely N-dealkylation sites (tertiary alicyclic amines) is 1. The number of unbranched alkanes of at least 4 members (excludes halogenated alkanes) is 2. The number of benzene rings is 1. The van der Waals surface area contributed by atoms with Crippen LogP contribution in [0.4, 0.5) is 4.79 Å². The second-order valence-electron chi connectivity index (χ2n) is 6.28. The Balaban J connectivity index is 1.63. The van der Waals surface area contributed by atoms with Crippen molar-refractivity contribution >= 4 is 17.6 Å². The highest BCUT2D eigenvalue weighted by atomic mass is 35.5. The topological polar surface area (TPSA) is 44.4 Å². The number of hydrogen-bond acceptors (Lipinski definition) is 2. The highest BCUT2D eigenvalue weighted by Crippen LogP contribution is 2.15. The summed E-state index contributed by atoms with van der Waals surface area (Å²) < 4.78 is 0. The van der Waals surface area contributed by atoms with E-state index in [4.69, 9.17) is 11.6 Å². The first-order chi connectivity index (χ1) is 11.2. The molecule has 0 bridgehead atoms. The maximum absolute atomic E-state index is 11.8. The molecule has 1 aromatic carbocycles. The molecule has 5 heteroatoms. The summed E-state index contributed by atoms with van der Waals surface area (Å²) in [6.07, 6.45) is 5.42. The van der Waals surface area contributed by atoms with Gasteiger partial charge >= 0.3 is 6.03 Å². The van der Waals surface area contributed by atoms with Crippen LogP contribution in [0.5, 0.6) is 0 Å². The molecule has 1 aliphatic rings. The average Bonchev–Trinajstić information content (AvgIpc) is 2.56. The molecule has 0 saturated carbocycles. The summed E-state index contributed by atoms with van der Waals surface area (Å²) in [5.74, 6) is 0. The van der Waals surface area contributed by atoms with E-state index in [0.29, 0.717) is 6.04 Å². The fourth-order valence-corrected chi connectivity index (χ4v) is 3.02. The van der Waals surface area contributed by atoms with Gasteiger partial charge in [-0.1, -0.05) is 43.5 Å². The lowest BCUT2D eigenvalue weighted by Gasteiger charge is -2.32. The summed E-state index contributed by atoms with van der Waals surface area (Å²) >= 11 is 5.92. The van der Waals surface area contributed by atoms with Gasteiger partial charge in [-0.05, 0) is 37.0 Å². The molecule has 0 atom stereocenters. The summed E-state index contributed by atoms with van der Waals surface area (Å²) in [6.45, 7) is 5.92. The van der Waals surface area contributed by atoms with E-state index >= 15 is 0 Å². The third-order valence-electron chi connectivity index (χ3n) is 4.31. The molecule has 1 fully saturated rings. The first-order valence-corrected chi connectivity index (χ1v) is 9.06. The van der Waals surface area contributed by atoms with E-state index in [0.717, 1.165) is 50.5 Å². The van der Waals surface area contributed by atoms with Crippen LogP contribution in [-0.4, -0.2) is 36.6 Å². The number of amides is 2. The SMILES string of the molecule is CCCCCNC(=O)NC1CCN(Cc2ccc(Cl)cc2)CC1. The first-order valence-electron chi connectivity index (χ1n) is 8.68. The minimum absolute atomic E-state index is 0.0164. The van der Waals surface area contributed by atoms with Crippen LogP contribution in [0, 0.1) is 0 Å². The highest BCUT2D eigenvalue weighted by Gasteiger charge is 2.20. The Bertz CT molecular complexity index is 470. The van der Waals surface area contributed by atoms with Crippen LogP contribution >= 0.6 is 11.6 Å². The quantitative estimate of drug-likeness (QED) is 0.743. The van der Waals surface area contributed by atoms with Crippen LogP contribution in [0.25, 0.3) is 0 Å². The lowest BCUT2D eigenvalue weighted by Crippen LogP contribution is -2.47. The van der Waals surface area contributed by atoms with Crippen molar-refractivity contribution in [2.75, 3.05) is 19.6 Å². The molecule has 1 heterocycles. The van der Waals surface area contributed by atoms with Crippen molar-refractivity contribution in [2.45, 2.75) is 51.6 Å². The molecule has 0 aliphatic carbocycles. The minimum atomic E-state index is -0.0164. The van der Waals surface area contributed by atoms with Gasteiger partial charge in [0.1, 0.15) is 0 Å². The maximum atomic E-state index is 11.8. The normalized spacial score (nSPS) is 16.3. The summed E-state index contributed by atoms with van der Waals surface area (Å²) in [6, 6.07) is 8.31. The van der Waals surface area contributed by atoms with Crippen LogP contribution in [0.1, 0.15) is 44.6 Å². The number of rotatable bonds is 7. The molecule has 2 rings (SSSR count). The van der Waals surface area contributed by atoms with Gasteiger partial charge in [-0.25, -0.2) is 4.79 Å². The van der Waals surface area contributed by atoms with Gasteiger partial charge in [-0.3, -0.25) is 4.90 Å². The Hall–Kier alpha value is -1.26. The summed E-state index contributed by atoms with van der Waals surface area (Å²) in [4.78, 5) is 14.3. The molecular weight excluding hydrogens is 310 g/mol. The molecule has 1 aliphatic heterocycles. The predicted octanol–water partition coefficient (Wildman–Crippen LogP) is 3.79. The molecule has 1 aromatic rings. The predicted molar refractivity (Wildman–Crippen MR) is 95.8 cm³/mol. The molecule has 2 N–H and O–H groups in total. The Kier molecular flexibility index (Phi) is 7.69. The molecule has 0 spiro atoms. The lowest BCUT2D eigenvalue weighted by atomic mass is 10.0. The highest BCUT2D eigenvalue weighted by molar-refractivity contribution is 6.30. The van der Waals surface area contributed by atoms with Crippen LogP contribution in [0.15, 0.2) is 24.3 Å². The van der Waals surface area contributed by atoms with Gasteiger partial charge in [0.25, 0.3) is 0 Å². The Morgan fingerprint density at radius 3 is 2.57 bits per heavy atom. The second-order valence-corrected chi connectivity index (χ2v) is 6.72. The van der Waals surface area contributed by atoms with Crippen LogP contribution in [0.3, 0.4) is 0 Å². The number of hydrogen-bond donors (Lipinski definition) is 2. The fourth-order valence-electron chi connectivity index (χ4n) is 2.90. The van der Waals surface area contributed by atoms with Crippen LogP contribution < -0.4 is 10.6 Å². The monoisotopic (exact) mass is 337 g/mol. The second kappa shape index (κ2) is 9.78. The third-order valence-corrected chi connectivity index (χ3v) is 4.56. The molecule has 23 heavy (non-hydrogen) atoms. The summed E-state index contributed by atoms with van der Waals surface area (Å²) in [7, 11) is 0. The summed E-state index contributed by atoms with van der Waals surface area (Å²) in [5, 5.41) is 6.82. The molecule has 1 saturated heterocycles. The van der Waals surface area contributed by atoms with E-state index in [2.05, 4.69) is 34.6 Å². The number of carbonyl (C=O) groups excluding carboxylic acids is 1. The van der Waals surface area contributed by atoms with Crippen molar-refractivity contribution in [1.29, 1.82) is 0 Å². The van der Waals surface area contributed by atoms with E-state index in [1.165, 1.54) is 18.4 Å². The van der Waals surface area contributed by atoms with Crippen LogP contribution in [-0.2, 0) is 6.54 Å². The zero-order valence-corrected chi connectivity index (χ0v) is 14.7. The zero-order chi connectivity index (χ0) is 16.5. The van der Waals surface area contributed by atoms with Crippen molar-refractivity contribution in [3.8, 4) is 0 Å². The van der Waals surface area contributed by atoms with Gasteiger partial charge in [0.05, 0.1) is 0 Å². The zero-order valence-electron chi connectivity index (χ0n) is 14.0. The van der Waals surface area contributed by atoms with E-state index in [1.54, 1.807) is 0 Å². The molecule has 128 valence electrons. The number of nitrogens with one attached hydrogen (secondary N) is 2. The van der Waals surface area contributed by atoms with Crippen molar-refractivity contribution in [3.05, 3.63) is 34.9 Å². The summed E-state index contributed by atoms with van der Waals surface area (Å²) in [5.41, 5.74) is 1.29. The Morgan fingerprint density at radius 2 is 1.91 bits per heavy atom. The van der Waals surface area contributed by atoms with E-state index in [9.17, 15) is 4.79 Å². The minimum Gasteiger partial charge on any atom is -0.338 e. The van der Waals surface area contributed by atoms with Gasteiger partial charge in [0, 0.05) is 37.2 Å². The lowest BCUT2D eigenvalue weighted by molar-refractivity contribution is 0.186. The molecule has 2 amide bonds. The number of halogens is 1. The van der Waals surface area contributed by atoms with Gasteiger partial charge in [0.2, 0.25) is 0 Å². The number of urea groups is 1. The van der Waals surface area contributed by atoms with Crippen molar-refractivity contribution < 1.29 is 4.79 Å². The van der Waals surface area contributed by atoms with Gasteiger partial charge in [0.15, 0.2) is 0 Å². The average molecular weight is 338 g/mol. The van der Waals surface area contributed by atoms with Gasteiger partial charge in [-0.15, -0.1) is 0 Å². The molecule has 0 radical (unpaired) electrons. The molecular formula is C18H28ClN3O. The van der Waals surface area contributed by atoms with E-state index in [1.807, 2.05) is 12.1 Å². The van der Waals surface area contributed by atoms with Crippen molar-refractivity contribution in [2.24, 2.45) is 0 Å². The molecule has 0 aromatic heterocycles.